The molecule has 1 aliphatic carbocycles. The van der Waals surface area contributed by atoms with Crippen molar-refractivity contribution in [3.05, 3.63) is 29.8 Å². The average Bonchev–Trinajstić information content (AvgIpc) is 3.20. The van der Waals surface area contributed by atoms with Crippen molar-refractivity contribution in [2.45, 2.75) is 31.7 Å². The number of hydrogen-bond acceptors (Lipinski definition) is 3. The number of nitrogens with one attached hydrogen (secondary N) is 1. The summed E-state index contributed by atoms with van der Waals surface area (Å²) in [5.74, 6) is 1.90. The Hall–Kier alpha value is -1.26. The maximum atomic E-state index is 12.5. The maximum Gasteiger partial charge on any atom is 0.237 e. The number of halogens is 1. The molecule has 1 saturated heterocycles. The van der Waals surface area contributed by atoms with Gasteiger partial charge >= 0.3 is 0 Å². The minimum Gasteiger partial charge on any atom is -0.496 e. The first-order valence-corrected chi connectivity index (χ1v) is 7.92. The summed E-state index contributed by atoms with van der Waals surface area (Å²) in [4.78, 5) is 14.5. The summed E-state index contributed by atoms with van der Waals surface area (Å²) in [5, 5.41) is 3.30. The number of nitrogens with zero attached hydrogens (tertiary/aromatic N) is 1. The van der Waals surface area contributed by atoms with E-state index in [1.807, 2.05) is 23.1 Å². The van der Waals surface area contributed by atoms with Crippen LogP contribution in [0.15, 0.2) is 24.3 Å². The quantitative estimate of drug-likeness (QED) is 0.875. The summed E-state index contributed by atoms with van der Waals surface area (Å²) >= 11 is 0. The van der Waals surface area contributed by atoms with Crippen LogP contribution in [-0.2, 0) is 4.79 Å². The van der Waals surface area contributed by atoms with Crippen molar-refractivity contribution in [3.63, 3.8) is 0 Å². The van der Waals surface area contributed by atoms with Crippen molar-refractivity contribution in [2.75, 3.05) is 26.7 Å². The van der Waals surface area contributed by atoms with E-state index in [4.69, 9.17) is 4.74 Å². The largest absolute Gasteiger partial charge is 0.496 e. The van der Waals surface area contributed by atoms with E-state index in [1.165, 1.54) is 12.8 Å². The highest BCUT2D eigenvalue weighted by molar-refractivity contribution is 5.85. The Morgan fingerprint density at radius 3 is 2.82 bits per heavy atom. The fourth-order valence-corrected chi connectivity index (χ4v) is 3.14. The van der Waals surface area contributed by atoms with Gasteiger partial charge < -0.3 is 15.0 Å². The Bertz CT molecular complexity index is 505. The fourth-order valence-electron chi connectivity index (χ4n) is 3.14. The Morgan fingerprint density at radius 2 is 2.09 bits per heavy atom. The first kappa shape index (κ1) is 17.1. The van der Waals surface area contributed by atoms with Gasteiger partial charge in [0.25, 0.3) is 0 Å². The first-order valence-electron chi connectivity index (χ1n) is 7.92. The van der Waals surface area contributed by atoms with E-state index in [1.54, 1.807) is 7.11 Å². The Kier molecular flexibility index (Phi) is 6.09. The molecule has 1 heterocycles. The molecule has 2 aliphatic rings. The van der Waals surface area contributed by atoms with Gasteiger partial charge in [-0.3, -0.25) is 4.79 Å². The number of amides is 1. The molecule has 0 aromatic heterocycles. The van der Waals surface area contributed by atoms with Crippen LogP contribution < -0.4 is 10.1 Å². The minimum absolute atomic E-state index is 0. The number of likely N-dealkylation sites (tertiary alicyclic amines) is 1. The fraction of sp³-hybridized carbons (Fsp3) is 0.588. The van der Waals surface area contributed by atoms with Crippen LogP contribution in [0.1, 0.15) is 37.3 Å². The van der Waals surface area contributed by atoms with Crippen LogP contribution in [0.4, 0.5) is 0 Å². The molecule has 0 bridgehead atoms. The Labute approximate surface area is 138 Å². The highest BCUT2D eigenvalue weighted by atomic mass is 35.5. The number of carbonyl (C=O) groups excluding carboxylic acids is 1. The zero-order chi connectivity index (χ0) is 14.7. The molecule has 1 atom stereocenters. The lowest BCUT2D eigenvalue weighted by molar-refractivity contribution is -0.131. The lowest BCUT2D eigenvalue weighted by Gasteiger charge is -2.26. The van der Waals surface area contributed by atoms with Crippen LogP contribution >= 0.6 is 12.4 Å². The van der Waals surface area contributed by atoms with Gasteiger partial charge in [-0.25, -0.2) is 0 Å². The van der Waals surface area contributed by atoms with Gasteiger partial charge in [0.15, 0.2) is 0 Å². The van der Waals surface area contributed by atoms with Crippen molar-refractivity contribution >= 4 is 18.3 Å². The number of hydrogen-bond donors (Lipinski definition) is 1. The van der Waals surface area contributed by atoms with Crippen LogP contribution in [0, 0.1) is 5.92 Å². The van der Waals surface area contributed by atoms with E-state index in [2.05, 4.69) is 11.4 Å². The summed E-state index contributed by atoms with van der Waals surface area (Å²) < 4.78 is 5.45. The summed E-state index contributed by atoms with van der Waals surface area (Å²) in [6.45, 7) is 2.30. The highest BCUT2D eigenvalue weighted by Gasteiger charge is 2.31. The number of ether oxygens (including phenoxy) is 1. The van der Waals surface area contributed by atoms with E-state index >= 15 is 0 Å². The minimum atomic E-state index is 0. The SMILES string of the molecule is COc1ccccc1C1CCCN1C(=O)CNCC1CC1.Cl. The summed E-state index contributed by atoms with van der Waals surface area (Å²) in [5.41, 5.74) is 1.13. The second-order valence-electron chi connectivity index (χ2n) is 6.06. The normalized spacial score (nSPS) is 20.6. The zero-order valence-electron chi connectivity index (χ0n) is 13.1. The van der Waals surface area contributed by atoms with Gasteiger partial charge in [0, 0.05) is 12.1 Å². The molecule has 5 heteroatoms. The van der Waals surface area contributed by atoms with Crippen molar-refractivity contribution in [1.82, 2.24) is 10.2 Å². The number of benzene rings is 1. The summed E-state index contributed by atoms with van der Waals surface area (Å²) in [6.07, 6.45) is 4.72. The molecule has 1 amide bonds. The molecule has 1 aliphatic heterocycles. The maximum absolute atomic E-state index is 12.5. The molecule has 1 aromatic rings. The third kappa shape index (κ3) is 3.93. The van der Waals surface area contributed by atoms with Gasteiger partial charge in [-0.15, -0.1) is 12.4 Å². The van der Waals surface area contributed by atoms with Crippen LogP contribution in [0.2, 0.25) is 0 Å². The molecule has 0 radical (unpaired) electrons. The molecular weight excluding hydrogens is 300 g/mol. The molecule has 22 heavy (non-hydrogen) atoms. The van der Waals surface area contributed by atoms with Crippen LogP contribution in [0.25, 0.3) is 0 Å². The van der Waals surface area contributed by atoms with Gasteiger partial charge in [0.2, 0.25) is 5.91 Å². The smallest absolute Gasteiger partial charge is 0.237 e. The third-order valence-corrected chi connectivity index (χ3v) is 4.48. The molecule has 3 rings (SSSR count). The van der Waals surface area contributed by atoms with Gasteiger partial charge in [0.05, 0.1) is 19.7 Å². The molecule has 4 nitrogen and oxygen atoms in total. The molecule has 1 aromatic carbocycles. The lowest BCUT2D eigenvalue weighted by atomic mass is 10.0. The van der Waals surface area contributed by atoms with Gasteiger partial charge in [0.1, 0.15) is 5.75 Å². The zero-order valence-corrected chi connectivity index (χ0v) is 13.9. The molecule has 1 N–H and O–H groups in total. The van der Waals surface area contributed by atoms with E-state index in [-0.39, 0.29) is 24.4 Å². The average molecular weight is 325 g/mol. The standard InChI is InChI=1S/C17H24N2O2.ClH/c1-21-16-7-3-2-5-14(16)15-6-4-10-19(15)17(20)12-18-11-13-8-9-13;/h2-3,5,7,13,15,18H,4,6,8-12H2,1H3;1H. The lowest BCUT2D eigenvalue weighted by Crippen LogP contribution is -2.38. The van der Waals surface area contributed by atoms with E-state index in [9.17, 15) is 4.79 Å². The van der Waals surface area contributed by atoms with Gasteiger partial charge in [-0.2, -0.15) is 0 Å². The predicted octanol–water partition coefficient (Wildman–Crippen LogP) is 2.78. The number of para-hydroxylation sites is 1. The van der Waals surface area contributed by atoms with Crippen LogP contribution in [-0.4, -0.2) is 37.6 Å². The van der Waals surface area contributed by atoms with Crippen molar-refractivity contribution in [2.24, 2.45) is 5.92 Å². The molecule has 122 valence electrons. The monoisotopic (exact) mass is 324 g/mol. The third-order valence-electron chi connectivity index (χ3n) is 4.48. The van der Waals surface area contributed by atoms with Gasteiger partial charge in [-0.05, 0) is 44.2 Å². The van der Waals surface area contributed by atoms with E-state index in [0.717, 1.165) is 43.2 Å². The Morgan fingerprint density at radius 1 is 1.32 bits per heavy atom. The Balaban J connectivity index is 0.00000176. The second kappa shape index (κ2) is 7.84. The topological polar surface area (TPSA) is 41.6 Å². The summed E-state index contributed by atoms with van der Waals surface area (Å²) in [6, 6.07) is 8.20. The highest BCUT2D eigenvalue weighted by Crippen LogP contribution is 2.36. The molecule has 2 fully saturated rings. The first-order chi connectivity index (χ1) is 10.3. The number of methoxy groups -OCH3 is 1. The van der Waals surface area contributed by atoms with Crippen molar-refractivity contribution in [3.8, 4) is 5.75 Å². The van der Waals surface area contributed by atoms with E-state index < -0.39 is 0 Å². The molecular formula is C17H25ClN2O2. The van der Waals surface area contributed by atoms with Crippen molar-refractivity contribution in [1.29, 1.82) is 0 Å². The summed E-state index contributed by atoms with van der Waals surface area (Å²) in [7, 11) is 1.69. The molecule has 0 spiro atoms. The van der Waals surface area contributed by atoms with E-state index in [0.29, 0.717) is 6.54 Å². The predicted molar refractivity (Wildman–Crippen MR) is 89.5 cm³/mol. The van der Waals surface area contributed by atoms with Crippen LogP contribution in [0.5, 0.6) is 5.75 Å². The van der Waals surface area contributed by atoms with Gasteiger partial charge in [-0.1, -0.05) is 18.2 Å². The molecule has 1 saturated carbocycles. The molecule has 1 unspecified atom stereocenters. The number of rotatable bonds is 6. The second-order valence-corrected chi connectivity index (χ2v) is 6.06. The van der Waals surface area contributed by atoms with Crippen LogP contribution in [0.3, 0.4) is 0 Å². The van der Waals surface area contributed by atoms with Crippen molar-refractivity contribution < 1.29 is 9.53 Å². The number of carbonyl (C=O) groups is 1.